The van der Waals surface area contributed by atoms with Crippen molar-refractivity contribution in [3.8, 4) is 17.2 Å². The molecule has 0 spiro atoms. The molecule has 10 heteroatoms. The lowest BCUT2D eigenvalue weighted by molar-refractivity contribution is 0.208. The fourth-order valence-electron chi connectivity index (χ4n) is 4.65. The van der Waals surface area contributed by atoms with E-state index in [1.807, 2.05) is 60.7 Å². The molecule has 4 aromatic rings. The van der Waals surface area contributed by atoms with Crippen LogP contribution in [0.5, 0.6) is 11.5 Å². The predicted octanol–water partition coefficient (Wildman–Crippen LogP) is 4.22. The molecule has 1 saturated heterocycles. The average molecular weight is 541 g/mol. The van der Waals surface area contributed by atoms with Crippen molar-refractivity contribution in [2.75, 3.05) is 55.9 Å². The molecular formula is C30H32N6O4. The summed E-state index contributed by atoms with van der Waals surface area (Å²) in [4.78, 5) is 30.6. The number of carbonyl (C=O) groups is 1. The molecule has 1 aliphatic heterocycles. The van der Waals surface area contributed by atoms with Gasteiger partial charge in [-0.1, -0.05) is 48.5 Å². The van der Waals surface area contributed by atoms with Gasteiger partial charge in [-0.15, -0.1) is 0 Å². The van der Waals surface area contributed by atoms with Gasteiger partial charge >= 0.3 is 6.03 Å². The minimum Gasteiger partial charge on any atom is -0.497 e. The van der Waals surface area contributed by atoms with Gasteiger partial charge in [0.25, 0.3) is 5.56 Å². The highest BCUT2D eigenvalue weighted by Gasteiger charge is 2.25. The maximum absolute atomic E-state index is 13.7. The lowest BCUT2D eigenvalue weighted by Crippen LogP contribution is -2.50. The van der Waals surface area contributed by atoms with Gasteiger partial charge in [-0.3, -0.25) is 4.79 Å². The van der Waals surface area contributed by atoms with Crippen LogP contribution in [0.25, 0.3) is 5.69 Å². The Morgan fingerprint density at radius 1 is 0.900 bits per heavy atom. The van der Waals surface area contributed by atoms with Gasteiger partial charge in [-0.2, -0.15) is 9.78 Å². The second kappa shape index (κ2) is 12.2. The smallest absolute Gasteiger partial charge is 0.322 e. The summed E-state index contributed by atoms with van der Waals surface area (Å²) >= 11 is 0. The monoisotopic (exact) mass is 540 g/mol. The topological polar surface area (TPSA) is 101 Å². The van der Waals surface area contributed by atoms with Gasteiger partial charge in [-0.05, 0) is 29.8 Å². The number of ether oxygens (including phenoxy) is 2. The van der Waals surface area contributed by atoms with Crippen LogP contribution in [0.15, 0.2) is 89.9 Å². The second-order valence-corrected chi connectivity index (χ2v) is 9.27. The number of benzene rings is 3. The molecule has 3 aromatic carbocycles. The van der Waals surface area contributed by atoms with E-state index in [1.54, 1.807) is 43.5 Å². The highest BCUT2D eigenvalue weighted by molar-refractivity contribution is 5.91. The molecule has 0 unspecified atom stereocenters. The molecule has 0 bridgehead atoms. The number of para-hydroxylation sites is 1. The SMILES string of the molecule is COc1ccc(OC)c(NC(=O)N2CCN(c3cnn(-c4ccccc4)c(=O)c3NCc3ccccc3)CC2)c1. The minimum atomic E-state index is -0.232. The van der Waals surface area contributed by atoms with Crippen LogP contribution < -0.4 is 30.6 Å². The third-order valence-electron chi connectivity index (χ3n) is 6.83. The third kappa shape index (κ3) is 5.85. The van der Waals surface area contributed by atoms with E-state index in [0.717, 1.165) is 5.56 Å². The van der Waals surface area contributed by atoms with Crippen molar-refractivity contribution in [2.45, 2.75) is 6.54 Å². The van der Waals surface area contributed by atoms with Crippen molar-refractivity contribution in [1.82, 2.24) is 14.7 Å². The van der Waals surface area contributed by atoms with Gasteiger partial charge in [0, 0.05) is 38.8 Å². The van der Waals surface area contributed by atoms with Crippen LogP contribution >= 0.6 is 0 Å². The van der Waals surface area contributed by atoms with Crippen LogP contribution in [-0.2, 0) is 6.54 Å². The summed E-state index contributed by atoms with van der Waals surface area (Å²) in [6.45, 7) is 2.51. The molecular weight excluding hydrogens is 508 g/mol. The number of piperazine rings is 1. The first kappa shape index (κ1) is 26.6. The molecule has 2 amide bonds. The van der Waals surface area contributed by atoms with Gasteiger partial charge in [0.05, 0.1) is 37.5 Å². The average Bonchev–Trinajstić information content (AvgIpc) is 3.01. The van der Waals surface area contributed by atoms with Crippen LogP contribution in [0.3, 0.4) is 0 Å². The number of nitrogens with zero attached hydrogens (tertiary/aromatic N) is 4. The van der Waals surface area contributed by atoms with Crippen LogP contribution in [0, 0.1) is 0 Å². The Morgan fingerprint density at radius 3 is 2.27 bits per heavy atom. The zero-order valence-electron chi connectivity index (χ0n) is 22.5. The van der Waals surface area contributed by atoms with Gasteiger partial charge in [0.15, 0.2) is 0 Å². The minimum absolute atomic E-state index is 0.230. The van der Waals surface area contributed by atoms with Crippen molar-refractivity contribution in [3.63, 3.8) is 0 Å². The lowest BCUT2D eigenvalue weighted by atomic mass is 10.2. The zero-order chi connectivity index (χ0) is 27.9. The predicted molar refractivity (Wildman–Crippen MR) is 156 cm³/mol. The number of hydrogen-bond acceptors (Lipinski definition) is 7. The summed E-state index contributed by atoms with van der Waals surface area (Å²) < 4.78 is 12.1. The molecule has 5 rings (SSSR count). The molecule has 1 fully saturated rings. The van der Waals surface area contributed by atoms with E-state index < -0.39 is 0 Å². The van der Waals surface area contributed by atoms with Gasteiger partial charge in [0.2, 0.25) is 0 Å². The molecule has 10 nitrogen and oxygen atoms in total. The van der Waals surface area contributed by atoms with Crippen LogP contribution in [-0.4, -0.2) is 61.1 Å². The quantitative estimate of drug-likeness (QED) is 0.345. The van der Waals surface area contributed by atoms with Crippen molar-refractivity contribution >= 4 is 23.1 Å². The van der Waals surface area contributed by atoms with Gasteiger partial charge < -0.3 is 29.9 Å². The Hall–Kier alpha value is -4.99. The Bertz CT molecular complexity index is 1500. The summed E-state index contributed by atoms with van der Waals surface area (Å²) in [5.41, 5.74) is 3.24. The summed E-state index contributed by atoms with van der Waals surface area (Å²) in [6, 6.07) is 24.3. The van der Waals surface area contributed by atoms with Crippen LogP contribution in [0.1, 0.15) is 5.56 Å². The number of aromatic nitrogens is 2. The number of methoxy groups -OCH3 is 2. The molecule has 1 aromatic heterocycles. The fourth-order valence-corrected chi connectivity index (χ4v) is 4.65. The number of anilines is 3. The molecule has 40 heavy (non-hydrogen) atoms. The number of carbonyl (C=O) groups excluding carboxylic acids is 1. The molecule has 2 heterocycles. The Balaban J connectivity index is 1.34. The van der Waals surface area contributed by atoms with E-state index >= 15 is 0 Å². The standard InChI is InChI=1S/C30H32N6O4/c1-39-24-13-14-27(40-2)25(19-24)33-30(38)35-17-15-34(16-18-35)26-21-32-36(23-11-7-4-8-12-23)29(37)28(26)31-20-22-9-5-3-6-10-22/h3-14,19,21,31H,15-18,20H2,1-2H3,(H,33,38). The summed E-state index contributed by atoms with van der Waals surface area (Å²) in [7, 11) is 3.13. The summed E-state index contributed by atoms with van der Waals surface area (Å²) in [5.74, 6) is 1.17. The maximum atomic E-state index is 13.7. The summed E-state index contributed by atoms with van der Waals surface area (Å²) in [6.07, 6.45) is 1.72. The number of hydrogen-bond donors (Lipinski definition) is 2. The number of rotatable bonds is 8. The van der Waals surface area contributed by atoms with Gasteiger partial charge in [0.1, 0.15) is 17.2 Å². The van der Waals surface area contributed by atoms with Crippen molar-refractivity contribution in [3.05, 3.63) is 101 Å². The molecule has 0 atom stereocenters. The van der Waals surface area contributed by atoms with E-state index in [1.165, 1.54) is 4.68 Å². The van der Waals surface area contributed by atoms with Gasteiger partial charge in [-0.25, -0.2) is 4.79 Å². The first-order chi connectivity index (χ1) is 19.6. The number of amides is 2. The highest BCUT2D eigenvalue weighted by atomic mass is 16.5. The van der Waals surface area contributed by atoms with E-state index in [9.17, 15) is 9.59 Å². The molecule has 206 valence electrons. The largest absolute Gasteiger partial charge is 0.497 e. The first-order valence-corrected chi connectivity index (χ1v) is 13.1. The molecule has 0 radical (unpaired) electrons. The second-order valence-electron chi connectivity index (χ2n) is 9.27. The number of nitrogens with one attached hydrogen (secondary N) is 2. The van der Waals surface area contributed by atoms with E-state index in [4.69, 9.17) is 9.47 Å². The van der Waals surface area contributed by atoms with Crippen LogP contribution in [0.4, 0.5) is 21.9 Å². The van der Waals surface area contributed by atoms with E-state index in [-0.39, 0.29) is 11.6 Å². The molecule has 2 N–H and O–H groups in total. The summed E-state index contributed by atoms with van der Waals surface area (Å²) in [5, 5.41) is 10.8. The molecule has 0 saturated carbocycles. The number of urea groups is 1. The Labute approximate surface area is 232 Å². The van der Waals surface area contributed by atoms with Crippen molar-refractivity contribution in [1.29, 1.82) is 0 Å². The Morgan fingerprint density at radius 2 is 1.60 bits per heavy atom. The van der Waals surface area contributed by atoms with Crippen LogP contribution in [0.2, 0.25) is 0 Å². The lowest BCUT2D eigenvalue weighted by Gasteiger charge is -2.36. The zero-order valence-corrected chi connectivity index (χ0v) is 22.5. The highest BCUT2D eigenvalue weighted by Crippen LogP contribution is 2.29. The first-order valence-electron chi connectivity index (χ1n) is 13.1. The van der Waals surface area contributed by atoms with E-state index in [0.29, 0.717) is 67.0 Å². The van der Waals surface area contributed by atoms with Crippen molar-refractivity contribution in [2.24, 2.45) is 0 Å². The third-order valence-corrected chi connectivity index (χ3v) is 6.83. The normalized spacial score (nSPS) is 13.1. The van der Waals surface area contributed by atoms with Crippen molar-refractivity contribution < 1.29 is 14.3 Å². The Kier molecular flexibility index (Phi) is 8.15. The fraction of sp³-hybridized carbons (Fsp3) is 0.233. The van der Waals surface area contributed by atoms with E-state index in [2.05, 4.69) is 20.6 Å². The molecule has 0 aliphatic carbocycles. The molecule has 1 aliphatic rings. The maximum Gasteiger partial charge on any atom is 0.322 e.